The Balaban J connectivity index is 1.57. The Bertz CT molecular complexity index is 671. The van der Waals surface area contributed by atoms with Gasteiger partial charge in [0, 0.05) is 36.3 Å². The van der Waals surface area contributed by atoms with Crippen molar-refractivity contribution < 1.29 is 9.53 Å². The number of fused-ring (bicyclic) bond motifs is 3. The molecule has 0 spiro atoms. The Labute approximate surface area is 150 Å². The first-order valence-corrected chi connectivity index (χ1v) is 9.55. The van der Waals surface area contributed by atoms with Gasteiger partial charge in [-0.05, 0) is 38.4 Å². The van der Waals surface area contributed by atoms with E-state index in [-0.39, 0.29) is 17.6 Å². The Morgan fingerprint density at radius 3 is 2.76 bits per heavy atom. The van der Waals surface area contributed by atoms with Gasteiger partial charge in [0.2, 0.25) is 0 Å². The zero-order chi connectivity index (χ0) is 17.6. The highest BCUT2D eigenvalue weighted by atomic mass is 16.6. The number of hydrogen-bond donors (Lipinski definition) is 1. The average molecular weight is 343 g/mol. The van der Waals surface area contributed by atoms with Crippen LogP contribution in [0.1, 0.15) is 51.0 Å². The lowest BCUT2D eigenvalue weighted by Crippen LogP contribution is -2.45. The lowest BCUT2D eigenvalue weighted by molar-refractivity contribution is 0.190. The first-order valence-electron chi connectivity index (χ1n) is 9.55. The first kappa shape index (κ1) is 16.7. The van der Waals surface area contributed by atoms with Gasteiger partial charge in [-0.3, -0.25) is 4.90 Å². The molecule has 1 aromatic rings. The maximum atomic E-state index is 12.5. The largest absolute Gasteiger partial charge is 0.412 e. The van der Waals surface area contributed by atoms with E-state index in [0.29, 0.717) is 6.17 Å². The number of ether oxygens (including phenoxy) is 1. The molecule has 1 amide bonds. The van der Waals surface area contributed by atoms with Crippen LogP contribution in [-0.2, 0) is 5.41 Å². The van der Waals surface area contributed by atoms with Crippen LogP contribution in [0.4, 0.5) is 10.5 Å². The van der Waals surface area contributed by atoms with Crippen molar-refractivity contribution in [2.24, 2.45) is 0 Å². The molecule has 1 aromatic carbocycles. The van der Waals surface area contributed by atoms with Crippen molar-refractivity contribution in [2.75, 3.05) is 25.5 Å². The van der Waals surface area contributed by atoms with Crippen molar-refractivity contribution in [1.29, 1.82) is 0 Å². The second-order valence-corrected chi connectivity index (χ2v) is 8.15. The van der Waals surface area contributed by atoms with E-state index >= 15 is 0 Å². The number of amides is 1. The number of likely N-dealkylation sites (tertiary alicyclic amines) is 1. The third-order valence-electron chi connectivity index (χ3n) is 6.42. The van der Waals surface area contributed by atoms with Crippen molar-refractivity contribution in [3.8, 4) is 5.75 Å². The highest BCUT2D eigenvalue weighted by molar-refractivity contribution is 5.75. The molecule has 5 nitrogen and oxygen atoms in total. The highest BCUT2D eigenvalue weighted by Gasteiger charge is 2.53. The molecule has 1 saturated carbocycles. The first-order chi connectivity index (χ1) is 12.0. The second-order valence-electron chi connectivity index (χ2n) is 8.15. The van der Waals surface area contributed by atoms with Gasteiger partial charge in [0.1, 0.15) is 5.75 Å². The Kier molecular flexibility index (Phi) is 4.14. The topological polar surface area (TPSA) is 44.8 Å². The number of anilines is 1. The third-order valence-corrected chi connectivity index (χ3v) is 6.42. The van der Waals surface area contributed by atoms with Crippen LogP contribution < -0.4 is 15.0 Å². The van der Waals surface area contributed by atoms with Crippen molar-refractivity contribution in [3.63, 3.8) is 0 Å². The van der Waals surface area contributed by atoms with E-state index in [2.05, 4.69) is 42.2 Å². The van der Waals surface area contributed by atoms with E-state index in [1.807, 2.05) is 12.1 Å². The molecule has 1 saturated heterocycles. The van der Waals surface area contributed by atoms with E-state index in [1.54, 1.807) is 0 Å². The van der Waals surface area contributed by atoms with E-state index in [9.17, 15) is 4.79 Å². The van der Waals surface area contributed by atoms with Crippen LogP contribution in [0.25, 0.3) is 0 Å². The summed E-state index contributed by atoms with van der Waals surface area (Å²) in [6, 6.07) is 6.34. The highest BCUT2D eigenvalue weighted by Crippen LogP contribution is 2.54. The minimum Gasteiger partial charge on any atom is -0.410 e. The predicted octanol–water partition coefficient (Wildman–Crippen LogP) is 3.48. The van der Waals surface area contributed by atoms with Gasteiger partial charge in [-0.25, -0.2) is 4.79 Å². The number of carbonyl (C=O) groups is 1. The number of likely N-dealkylation sites (N-methyl/N-ethyl adjacent to an activating group) is 2. The van der Waals surface area contributed by atoms with E-state index < -0.39 is 0 Å². The van der Waals surface area contributed by atoms with Crippen LogP contribution in [0.3, 0.4) is 0 Å². The van der Waals surface area contributed by atoms with Gasteiger partial charge in [-0.15, -0.1) is 0 Å². The van der Waals surface area contributed by atoms with Crippen molar-refractivity contribution in [2.45, 2.75) is 63.1 Å². The number of nitrogens with zero attached hydrogens (tertiary/aromatic N) is 2. The van der Waals surface area contributed by atoms with E-state index in [4.69, 9.17) is 4.74 Å². The van der Waals surface area contributed by atoms with Crippen LogP contribution in [0.5, 0.6) is 5.75 Å². The van der Waals surface area contributed by atoms with Gasteiger partial charge in [0.25, 0.3) is 0 Å². The zero-order valence-corrected chi connectivity index (χ0v) is 15.5. The van der Waals surface area contributed by atoms with Gasteiger partial charge in [0.15, 0.2) is 0 Å². The number of carbonyl (C=O) groups excluding carboxylic acids is 1. The molecule has 136 valence electrons. The van der Waals surface area contributed by atoms with Gasteiger partial charge < -0.3 is 15.0 Å². The summed E-state index contributed by atoms with van der Waals surface area (Å²) in [6.07, 6.45) is 6.90. The van der Waals surface area contributed by atoms with Crippen molar-refractivity contribution in [3.05, 3.63) is 23.8 Å². The molecule has 4 rings (SSSR count). The van der Waals surface area contributed by atoms with E-state index in [1.165, 1.54) is 30.5 Å². The molecule has 0 aromatic heterocycles. The summed E-state index contributed by atoms with van der Waals surface area (Å²) in [5.41, 5.74) is 2.37. The molecule has 1 N–H and O–H groups in total. The maximum absolute atomic E-state index is 12.5. The molecule has 0 radical (unpaired) electrons. The summed E-state index contributed by atoms with van der Waals surface area (Å²) in [5.74, 6) is 0.720. The van der Waals surface area contributed by atoms with Crippen LogP contribution >= 0.6 is 0 Å². The molecule has 2 heterocycles. The van der Waals surface area contributed by atoms with Crippen LogP contribution in [0.15, 0.2) is 18.2 Å². The normalized spacial score (nSPS) is 29.4. The molecule has 2 fully saturated rings. The molecule has 2 atom stereocenters. The summed E-state index contributed by atoms with van der Waals surface area (Å²) in [5, 5.41) is 3.07. The van der Waals surface area contributed by atoms with E-state index in [0.717, 1.165) is 31.6 Å². The predicted molar refractivity (Wildman–Crippen MR) is 99.3 cm³/mol. The van der Waals surface area contributed by atoms with Crippen molar-refractivity contribution in [1.82, 2.24) is 10.2 Å². The number of nitrogens with one attached hydrogen (secondary N) is 1. The molecule has 0 bridgehead atoms. The molecular formula is C20H29N3O2. The number of rotatable bonds is 2. The standard InChI is InChI=1S/C20H29N3O2/c1-20-12-13-22(2)18(20)23(3)15-10-7-11-16(17(15)20)25-19(24)21-14-8-5-4-6-9-14/h7,10-11,14,18H,4-6,8-9,12-13H2,1-3H3,(H,21,24)/t18-,20+/m0/s1. The van der Waals surface area contributed by atoms with Gasteiger partial charge >= 0.3 is 6.09 Å². The Hall–Kier alpha value is -1.75. The zero-order valence-electron chi connectivity index (χ0n) is 15.5. The van der Waals surface area contributed by atoms with Gasteiger partial charge in [0.05, 0.1) is 6.17 Å². The molecule has 3 aliphatic rings. The van der Waals surface area contributed by atoms with Crippen LogP contribution in [-0.4, -0.2) is 43.8 Å². The fourth-order valence-corrected chi connectivity index (χ4v) is 5.27. The molecule has 25 heavy (non-hydrogen) atoms. The quantitative estimate of drug-likeness (QED) is 0.893. The Morgan fingerprint density at radius 2 is 2.00 bits per heavy atom. The maximum Gasteiger partial charge on any atom is 0.412 e. The SMILES string of the molecule is CN1CC[C@]2(C)c3c(OC(=O)NC4CCCCC4)cccc3N(C)[C@H]12. The fraction of sp³-hybridized carbons (Fsp3) is 0.650. The minimum atomic E-state index is -0.304. The summed E-state index contributed by atoms with van der Waals surface area (Å²) < 4.78 is 5.82. The fourth-order valence-electron chi connectivity index (χ4n) is 5.27. The average Bonchev–Trinajstić information content (AvgIpc) is 3.02. The third kappa shape index (κ3) is 2.69. The van der Waals surface area contributed by atoms with Crippen molar-refractivity contribution >= 4 is 11.8 Å². The smallest absolute Gasteiger partial charge is 0.410 e. The summed E-state index contributed by atoms with van der Waals surface area (Å²) in [4.78, 5) is 17.2. The number of benzene rings is 1. The van der Waals surface area contributed by atoms with Crippen LogP contribution in [0, 0.1) is 0 Å². The number of hydrogen-bond acceptors (Lipinski definition) is 4. The molecule has 1 aliphatic carbocycles. The monoisotopic (exact) mass is 343 g/mol. The molecular weight excluding hydrogens is 314 g/mol. The van der Waals surface area contributed by atoms with Gasteiger partial charge in [-0.2, -0.15) is 0 Å². The molecule has 0 unspecified atom stereocenters. The second kappa shape index (κ2) is 6.20. The van der Waals surface area contributed by atoms with Gasteiger partial charge in [-0.1, -0.05) is 32.3 Å². The van der Waals surface area contributed by atoms with Crippen LogP contribution in [0.2, 0.25) is 0 Å². The lowest BCUT2D eigenvalue weighted by Gasteiger charge is -2.32. The molecule has 5 heteroatoms. The minimum absolute atomic E-state index is 0.000541. The summed E-state index contributed by atoms with van der Waals surface area (Å²) in [6.45, 7) is 3.36. The molecule has 2 aliphatic heterocycles. The Morgan fingerprint density at radius 1 is 1.24 bits per heavy atom. The summed E-state index contributed by atoms with van der Waals surface area (Å²) >= 11 is 0. The lowest BCUT2D eigenvalue weighted by atomic mass is 9.81. The summed E-state index contributed by atoms with van der Waals surface area (Å²) in [7, 11) is 4.32.